The summed E-state index contributed by atoms with van der Waals surface area (Å²) in [5, 5.41) is 18.3. The van der Waals surface area contributed by atoms with E-state index >= 15 is 0 Å². The highest BCUT2D eigenvalue weighted by atomic mass is 32.2. The van der Waals surface area contributed by atoms with Crippen molar-refractivity contribution in [1.82, 2.24) is 4.72 Å². The van der Waals surface area contributed by atoms with Crippen molar-refractivity contribution in [2.45, 2.75) is 18.7 Å². The second kappa shape index (κ2) is 5.73. The van der Waals surface area contributed by atoms with Gasteiger partial charge < -0.3 is 10.2 Å². The first-order valence-electron chi connectivity index (χ1n) is 5.25. The number of phenols is 1. The highest BCUT2D eigenvalue weighted by molar-refractivity contribution is 7.89. The Balaban J connectivity index is 3.29. The van der Waals surface area contributed by atoms with E-state index in [0.29, 0.717) is 0 Å². The smallest absolute Gasteiger partial charge is 0.339 e. The monoisotopic (exact) mass is 283 g/mol. The van der Waals surface area contributed by atoms with E-state index in [4.69, 9.17) is 5.11 Å². The van der Waals surface area contributed by atoms with Gasteiger partial charge >= 0.3 is 5.97 Å². The van der Waals surface area contributed by atoms with E-state index in [1.54, 1.807) is 6.92 Å². The van der Waals surface area contributed by atoms with Crippen molar-refractivity contribution in [1.29, 1.82) is 0 Å². The van der Waals surface area contributed by atoms with Crippen LogP contribution in [0, 0.1) is 18.8 Å². The molecule has 1 aromatic rings. The van der Waals surface area contributed by atoms with Crippen molar-refractivity contribution >= 4 is 16.0 Å². The average Bonchev–Trinajstić information content (AvgIpc) is 2.28. The summed E-state index contributed by atoms with van der Waals surface area (Å²) in [4.78, 5) is 10.7. The molecule has 6 nitrogen and oxygen atoms in total. The molecule has 0 spiro atoms. The number of carbonyl (C=O) groups is 1. The Hall–Kier alpha value is -2.04. The summed E-state index contributed by atoms with van der Waals surface area (Å²) in [7, 11) is -3.86. The summed E-state index contributed by atoms with van der Waals surface area (Å²) < 4.78 is 26.1. The van der Waals surface area contributed by atoms with E-state index in [1.165, 1.54) is 6.92 Å². The minimum absolute atomic E-state index is 0.0679. The van der Waals surface area contributed by atoms with Crippen LogP contribution in [0.15, 0.2) is 17.0 Å². The molecule has 0 saturated carbocycles. The van der Waals surface area contributed by atoms with Crippen LogP contribution < -0.4 is 4.72 Å². The fourth-order valence-electron chi connectivity index (χ4n) is 1.43. The van der Waals surface area contributed by atoms with Crippen LogP contribution in [0.1, 0.15) is 22.8 Å². The molecule has 19 heavy (non-hydrogen) atoms. The number of hydrogen-bond acceptors (Lipinski definition) is 4. The third-order valence-corrected chi connectivity index (χ3v) is 3.88. The summed E-state index contributed by atoms with van der Waals surface area (Å²) >= 11 is 0. The van der Waals surface area contributed by atoms with Gasteiger partial charge in [0.05, 0.1) is 11.4 Å². The summed E-state index contributed by atoms with van der Waals surface area (Å²) in [5.74, 6) is 3.20. The van der Waals surface area contributed by atoms with Crippen molar-refractivity contribution in [2.24, 2.45) is 0 Å². The molecule has 0 aliphatic rings. The topological polar surface area (TPSA) is 104 Å². The molecule has 3 N–H and O–H groups in total. The molecule has 0 unspecified atom stereocenters. The minimum atomic E-state index is -3.86. The fraction of sp³-hybridized carbons (Fsp3) is 0.250. The highest BCUT2D eigenvalue weighted by Gasteiger charge is 2.21. The molecule has 0 radical (unpaired) electrons. The summed E-state index contributed by atoms with van der Waals surface area (Å²) in [6, 6.07) is 2.03. The van der Waals surface area contributed by atoms with Gasteiger partial charge in [0.15, 0.2) is 0 Å². The van der Waals surface area contributed by atoms with Gasteiger partial charge in [-0.2, -0.15) is 4.72 Å². The van der Waals surface area contributed by atoms with E-state index in [-0.39, 0.29) is 17.0 Å². The molecule has 0 atom stereocenters. The van der Waals surface area contributed by atoms with E-state index in [2.05, 4.69) is 16.6 Å². The van der Waals surface area contributed by atoms with Crippen molar-refractivity contribution in [3.63, 3.8) is 0 Å². The standard InChI is InChI=1S/C12H13NO5S/c1-3-4-5-13-19(17,18)11-7-9(12(15)16)10(14)6-8(11)2/h6-7,13-14H,5H2,1-2H3,(H,15,16). The zero-order chi connectivity index (χ0) is 14.6. The molecule has 102 valence electrons. The van der Waals surface area contributed by atoms with Gasteiger partial charge in [0.2, 0.25) is 10.0 Å². The maximum absolute atomic E-state index is 12.0. The van der Waals surface area contributed by atoms with Crippen LogP contribution in [-0.4, -0.2) is 31.1 Å². The van der Waals surface area contributed by atoms with Crippen LogP contribution in [0.5, 0.6) is 5.75 Å². The summed E-state index contributed by atoms with van der Waals surface area (Å²) in [6.45, 7) is 2.97. The minimum Gasteiger partial charge on any atom is -0.507 e. The molecule has 0 saturated heterocycles. The van der Waals surface area contributed by atoms with Crippen LogP contribution in [-0.2, 0) is 10.0 Å². The Kier molecular flexibility index (Phi) is 4.53. The lowest BCUT2D eigenvalue weighted by atomic mass is 10.1. The number of benzene rings is 1. The zero-order valence-electron chi connectivity index (χ0n) is 10.4. The Labute approximate surface area is 111 Å². The van der Waals surface area contributed by atoms with Gasteiger partial charge in [0.25, 0.3) is 0 Å². The second-order valence-electron chi connectivity index (χ2n) is 3.69. The Morgan fingerprint density at radius 3 is 2.58 bits per heavy atom. The Bertz CT molecular complexity index is 667. The summed E-state index contributed by atoms with van der Waals surface area (Å²) in [6.07, 6.45) is 0. The molecule has 0 heterocycles. The predicted octanol–water partition coefficient (Wildman–Crippen LogP) is 0.700. The first-order valence-corrected chi connectivity index (χ1v) is 6.74. The number of rotatable bonds is 4. The molecule has 0 amide bonds. The van der Waals surface area contributed by atoms with Gasteiger partial charge in [-0.1, -0.05) is 5.92 Å². The van der Waals surface area contributed by atoms with Crippen LogP contribution in [0.4, 0.5) is 0 Å². The number of hydrogen-bond donors (Lipinski definition) is 3. The number of nitrogens with one attached hydrogen (secondary N) is 1. The maximum Gasteiger partial charge on any atom is 0.339 e. The molecule has 0 aliphatic carbocycles. The average molecular weight is 283 g/mol. The Morgan fingerprint density at radius 1 is 1.42 bits per heavy atom. The first-order chi connectivity index (χ1) is 8.79. The lowest BCUT2D eigenvalue weighted by Crippen LogP contribution is -2.25. The number of sulfonamides is 1. The van der Waals surface area contributed by atoms with Crippen LogP contribution in [0.25, 0.3) is 0 Å². The van der Waals surface area contributed by atoms with Gasteiger partial charge in [-0.15, -0.1) is 5.92 Å². The largest absolute Gasteiger partial charge is 0.507 e. The zero-order valence-corrected chi connectivity index (χ0v) is 11.2. The van der Waals surface area contributed by atoms with Gasteiger partial charge in [-0.25, -0.2) is 13.2 Å². The normalized spacial score (nSPS) is 10.6. The van der Waals surface area contributed by atoms with Crippen LogP contribution >= 0.6 is 0 Å². The molecule has 7 heteroatoms. The van der Waals surface area contributed by atoms with Crippen molar-refractivity contribution in [3.05, 3.63) is 23.3 Å². The molecule has 0 aliphatic heterocycles. The van der Waals surface area contributed by atoms with Gasteiger partial charge in [-0.05, 0) is 31.5 Å². The third kappa shape index (κ3) is 3.47. The number of aryl methyl sites for hydroxylation is 1. The van der Waals surface area contributed by atoms with E-state index in [0.717, 1.165) is 12.1 Å². The molecule has 1 rings (SSSR count). The molecule has 1 aromatic carbocycles. The molecular formula is C12H13NO5S. The van der Waals surface area contributed by atoms with Crippen molar-refractivity contribution in [2.75, 3.05) is 6.54 Å². The molecule has 0 bridgehead atoms. The van der Waals surface area contributed by atoms with E-state index < -0.39 is 27.3 Å². The first kappa shape index (κ1) is 15.0. The number of carboxylic acids is 1. The van der Waals surface area contributed by atoms with Crippen molar-refractivity contribution < 1.29 is 23.4 Å². The fourth-order valence-corrected chi connectivity index (χ4v) is 2.60. The third-order valence-electron chi connectivity index (χ3n) is 2.34. The van der Waals surface area contributed by atoms with E-state index in [1.807, 2.05) is 0 Å². The number of aromatic hydroxyl groups is 1. The lowest BCUT2D eigenvalue weighted by molar-refractivity contribution is 0.0693. The van der Waals surface area contributed by atoms with Crippen LogP contribution in [0.2, 0.25) is 0 Å². The summed E-state index contributed by atoms with van der Waals surface area (Å²) in [5.41, 5.74) is -0.216. The second-order valence-corrected chi connectivity index (χ2v) is 5.43. The Morgan fingerprint density at radius 2 is 2.05 bits per heavy atom. The van der Waals surface area contributed by atoms with Crippen molar-refractivity contribution in [3.8, 4) is 17.6 Å². The number of aromatic carboxylic acids is 1. The predicted molar refractivity (Wildman–Crippen MR) is 68.4 cm³/mol. The quantitative estimate of drug-likeness (QED) is 0.706. The lowest BCUT2D eigenvalue weighted by Gasteiger charge is -2.09. The maximum atomic E-state index is 12.0. The van der Waals surface area contributed by atoms with Gasteiger partial charge in [-0.3, -0.25) is 0 Å². The van der Waals surface area contributed by atoms with Crippen LogP contribution in [0.3, 0.4) is 0 Å². The molecule has 0 aromatic heterocycles. The van der Waals surface area contributed by atoms with E-state index in [9.17, 15) is 18.3 Å². The SMILES string of the molecule is CC#CCNS(=O)(=O)c1cc(C(=O)O)c(O)cc1C. The van der Waals surface area contributed by atoms with Gasteiger partial charge in [0, 0.05) is 0 Å². The molecular weight excluding hydrogens is 270 g/mol. The molecule has 0 fully saturated rings. The number of carboxylic acid groups (broad SMARTS) is 1. The highest BCUT2D eigenvalue weighted by Crippen LogP contribution is 2.25. The van der Waals surface area contributed by atoms with Gasteiger partial charge in [0.1, 0.15) is 11.3 Å².